The molecule has 0 unspecified atom stereocenters. The summed E-state index contributed by atoms with van der Waals surface area (Å²) in [6.45, 7) is 2.55. The maximum absolute atomic E-state index is 11.3. The minimum Gasteiger partial charge on any atom is -0.465 e. The van der Waals surface area contributed by atoms with E-state index in [-0.39, 0.29) is 5.97 Å². The van der Waals surface area contributed by atoms with E-state index in [0.29, 0.717) is 18.8 Å². The van der Waals surface area contributed by atoms with Gasteiger partial charge in [0.1, 0.15) is 6.61 Å². The van der Waals surface area contributed by atoms with E-state index in [1.807, 2.05) is 0 Å². The molecule has 0 fully saturated rings. The summed E-state index contributed by atoms with van der Waals surface area (Å²) in [6.07, 6.45) is 26.4. The third-order valence-electron chi connectivity index (χ3n) is 4.84. The first-order valence-corrected chi connectivity index (χ1v) is 11.8. The highest BCUT2D eigenvalue weighted by molar-refractivity contribution is 7.80. The van der Waals surface area contributed by atoms with E-state index in [1.54, 1.807) is 0 Å². The highest BCUT2D eigenvalue weighted by Crippen LogP contribution is 2.14. The lowest BCUT2D eigenvalue weighted by atomic mass is 10.0. The summed E-state index contributed by atoms with van der Waals surface area (Å²) in [5.41, 5.74) is 0. The largest absolute Gasteiger partial charge is 0.465 e. The molecule has 0 aliphatic rings. The molecule has 0 heterocycles. The normalized spacial score (nSPS) is 11.3. The standard InChI is InChI=1S/C23H44O2S/c1-2-3-4-5-6-7-8-9-10-11-12-13-14-15-16-17-18-19-20-23(24)25-21-22-26/h2-3,26H,4-22H2,1H3/b3-2+. The SMILES string of the molecule is C/C=C/CCCCCCCCCCCCCCCCCC(=O)OCCS. The number of hydrogen-bond acceptors (Lipinski definition) is 3. The van der Waals surface area contributed by atoms with Crippen molar-refractivity contribution in [3.8, 4) is 0 Å². The van der Waals surface area contributed by atoms with Gasteiger partial charge in [-0.1, -0.05) is 95.6 Å². The Labute approximate surface area is 169 Å². The van der Waals surface area contributed by atoms with Gasteiger partial charge in [-0.3, -0.25) is 4.79 Å². The smallest absolute Gasteiger partial charge is 0.305 e. The summed E-state index contributed by atoms with van der Waals surface area (Å²) in [4.78, 5) is 11.3. The van der Waals surface area contributed by atoms with E-state index in [9.17, 15) is 4.79 Å². The van der Waals surface area contributed by atoms with E-state index in [0.717, 1.165) is 12.8 Å². The third-order valence-corrected chi connectivity index (χ3v) is 5.02. The molecule has 0 N–H and O–H groups in total. The molecule has 0 aliphatic carbocycles. The van der Waals surface area contributed by atoms with Gasteiger partial charge < -0.3 is 4.74 Å². The number of esters is 1. The van der Waals surface area contributed by atoms with Crippen LogP contribution < -0.4 is 0 Å². The Morgan fingerprint density at radius 1 is 0.731 bits per heavy atom. The number of thiol groups is 1. The molecule has 0 saturated carbocycles. The van der Waals surface area contributed by atoms with Crippen molar-refractivity contribution in [1.29, 1.82) is 0 Å². The van der Waals surface area contributed by atoms with Gasteiger partial charge in [0.25, 0.3) is 0 Å². The van der Waals surface area contributed by atoms with Crippen LogP contribution in [-0.4, -0.2) is 18.3 Å². The number of carbonyl (C=O) groups excluding carboxylic acids is 1. The zero-order chi connectivity index (χ0) is 19.1. The molecular formula is C23H44O2S. The van der Waals surface area contributed by atoms with Crippen LogP contribution in [0.1, 0.15) is 116 Å². The first kappa shape index (κ1) is 25.6. The molecule has 2 nitrogen and oxygen atoms in total. The van der Waals surface area contributed by atoms with Gasteiger partial charge in [0.2, 0.25) is 0 Å². The fraction of sp³-hybridized carbons (Fsp3) is 0.870. The maximum Gasteiger partial charge on any atom is 0.305 e. The van der Waals surface area contributed by atoms with Crippen molar-refractivity contribution >= 4 is 18.6 Å². The zero-order valence-corrected chi connectivity index (χ0v) is 18.2. The van der Waals surface area contributed by atoms with Crippen molar-refractivity contribution in [3.63, 3.8) is 0 Å². The van der Waals surface area contributed by atoms with Gasteiger partial charge in [-0.2, -0.15) is 12.6 Å². The molecule has 3 heteroatoms. The molecule has 26 heavy (non-hydrogen) atoms. The molecule has 0 bridgehead atoms. The van der Waals surface area contributed by atoms with Crippen LogP contribution in [0.25, 0.3) is 0 Å². The van der Waals surface area contributed by atoms with Gasteiger partial charge in [0.15, 0.2) is 0 Å². The Morgan fingerprint density at radius 3 is 1.58 bits per heavy atom. The number of hydrogen-bond donors (Lipinski definition) is 1. The van der Waals surface area contributed by atoms with Gasteiger partial charge in [-0.25, -0.2) is 0 Å². The summed E-state index contributed by atoms with van der Waals surface area (Å²) in [5, 5.41) is 0. The highest BCUT2D eigenvalue weighted by Gasteiger charge is 2.01. The predicted octanol–water partition coefficient (Wildman–Crippen LogP) is 7.67. The van der Waals surface area contributed by atoms with Crippen LogP contribution in [0.3, 0.4) is 0 Å². The molecule has 0 aromatic heterocycles. The van der Waals surface area contributed by atoms with Crippen LogP contribution >= 0.6 is 12.6 Å². The minimum absolute atomic E-state index is 0.0623. The molecular weight excluding hydrogens is 340 g/mol. The molecule has 0 aromatic rings. The lowest BCUT2D eigenvalue weighted by Gasteiger charge is -2.04. The molecule has 0 rings (SSSR count). The van der Waals surface area contributed by atoms with Crippen molar-refractivity contribution in [2.75, 3.05) is 12.4 Å². The summed E-state index contributed by atoms with van der Waals surface area (Å²) in [7, 11) is 0. The molecule has 154 valence electrons. The van der Waals surface area contributed by atoms with Gasteiger partial charge in [0.05, 0.1) is 0 Å². The van der Waals surface area contributed by atoms with Gasteiger partial charge in [0, 0.05) is 12.2 Å². The third kappa shape index (κ3) is 21.6. The number of unbranched alkanes of at least 4 members (excludes halogenated alkanes) is 15. The second-order valence-electron chi connectivity index (χ2n) is 7.36. The monoisotopic (exact) mass is 384 g/mol. The summed E-state index contributed by atoms with van der Waals surface area (Å²) in [5.74, 6) is 0.552. The Balaban J connectivity index is 3.06. The lowest BCUT2D eigenvalue weighted by Crippen LogP contribution is -2.06. The summed E-state index contributed by atoms with van der Waals surface area (Å²) < 4.78 is 5.01. The summed E-state index contributed by atoms with van der Waals surface area (Å²) in [6, 6.07) is 0. The number of rotatable bonds is 20. The van der Waals surface area contributed by atoms with Crippen LogP contribution in [-0.2, 0) is 9.53 Å². The quantitative estimate of drug-likeness (QED) is 0.101. The Hall–Kier alpha value is -0.440. The molecule has 0 amide bonds. The van der Waals surface area contributed by atoms with Crippen molar-refractivity contribution in [2.24, 2.45) is 0 Å². The first-order valence-electron chi connectivity index (χ1n) is 11.2. The number of carbonyl (C=O) groups is 1. The number of ether oxygens (including phenoxy) is 1. The molecule has 0 saturated heterocycles. The second-order valence-corrected chi connectivity index (χ2v) is 7.80. The van der Waals surface area contributed by atoms with Gasteiger partial charge in [-0.05, 0) is 26.2 Å². The fourth-order valence-electron chi connectivity index (χ4n) is 3.23. The van der Waals surface area contributed by atoms with Crippen LogP contribution in [0.5, 0.6) is 0 Å². The fourth-order valence-corrected chi connectivity index (χ4v) is 3.32. The predicted molar refractivity (Wildman–Crippen MR) is 118 cm³/mol. The molecule has 0 radical (unpaired) electrons. The molecule has 0 atom stereocenters. The molecule has 0 aliphatic heterocycles. The van der Waals surface area contributed by atoms with Crippen LogP contribution in [0, 0.1) is 0 Å². The zero-order valence-electron chi connectivity index (χ0n) is 17.4. The number of allylic oxidation sites excluding steroid dienone is 2. The van der Waals surface area contributed by atoms with E-state index >= 15 is 0 Å². The van der Waals surface area contributed by atoms with Crippen molar-refractivity contribution in [2.45, 2.75) is 116 Å². The highest BCUT2D eigenvalue weighted by atomic mass is 32.1. The average Bonchev–Trinajstić information content (AvgIpc) is 2.65. The summed E-state index contributed by atoms with van der Waals surface area (Å²) >= 11 is 4.03. The van der Waals surface area contributed by atoms with Crippen LogP contribution in [0.2, 0.25) is 0 Å². The van der Waals surface area contributed by atoms with Crippen molar-refractivity contribution < 1.29 is 9.53 Å². The van der Waals surface area contributed by atoms with Gasteiger partial charge >= 0.3 is 5.97 Å². The van der Waals surface area contributed by atoms with E-state index in [1.165, 1.54) is 89.9 Å². The van der Waals surface area contributed by atoms with E-state index < -0.39 is 0 Å². The van der Waals surface area contributed by atoms with Gasteiger partial charge in [-0.15, -0.1) is 0 Å². The second kappa shape index (κ2) is 22.6. The minimum atomic E-state index is -0.0623. The van der Waals surface area contributed by atoms with E-state index in [2.05, 4.69) is 31.7 Å². The first-order chi connectivity index (χ1) is 12.8. The average molecular weight is 385 g/mol. The van der Waals surface area contributed by atoms with E-state index in [4.69, 9.17) is 4.74 Å². The Morgan fingerprint density at radius 2 is 1.15 bits per heavy atom. The molecule has 0 aromatic carbocycles. The molecule has 0 spiro atoms. The maximum atomic E-state index is 11.3. The van der Waals surface area contributed by atoms with Crippen LogP contribution in [0.15, 0.2) is 12.2 Å². The van der Waals surface area contributed by atoms with Crippen LogP contribution in [0.4, 0.5) is 0 Å². The Bertz CT molecular complexity index is 315. The topological polar surface area (TPSA) is 26.3 Å². The van der Waals surface area contributed by atoms with Crippen molar-refractivity contribution in [3.05, 3.63) is 12.2 Å². The lowest BCUT2D eigenvalue weighted by molar-refractivity contribution is -0.143. The Kier molecular flexibility index (Phi) is 22.2. The van der Waals surface area contributed by atoms with Crippen molar-refractivity contribution in [1.82, 2.24) is 0 Å².